The molecule has 0 aliphatic rings. The van der Waals surface area contributed by atoms with Crippen molar-refractivity contribution in [2.24, 2.45) is 0 Å². The number of sulfonamides is 1. The van der Waals surface area contributed by atoms with Crippen molar-refractivity contribution >= 4 is 49.1 Å². The van der Waals surface area contributed by atoms with E-state index < -0.39 is 10.0 Å². The molecule has 30 heavy (non-hydrogen) atoms. The first-order valence-corrected chi connectivity index (χ1v) is 12.2. The van der Waals surface area contributed by atoms with Crippen LogP contribution in [0, 0.1) is 0 Å². The number of halogens is 2. The highest BCUT2D eigenvalue weighted by Gasteiger charge is 2.18. The van der Waals surface area contributed by atoms with Gasteiger partial charge < -0.3 is 14.8 Å². The van der Waals surface area contributed by atoms with Gasteiger partial charge in [-0.3, -0.25) is 9.10 Å². The average molecular weight is 520 g/mol. The van der Waals surface area contributed by atoms with Crippen molar-refractivity contribution in [3.8, 4) is 11.5 Å². The van der Waals surface area contributed by atoms with E-state index in [1.54, 1.807) is 37.4 Å². The molecule has 0 atom stereocenters. The smallest absolute Gasteiger partial charge is 0.232 e. The number of benzene rings is 2. The second kappa shape index (κ2) is 11.4. The van der Waals surface area contributed by atoms with Gasteiger partial charge in [0, 0.05) is 17.4 Å². The minimum Gasteiger partial charge on any atom is -0.493 e. The quantitative estimate of drug-likeness (QED) is 0.456. The molecule has 2 aromatic carbocycles. The molecule has 2 aromatic rings. The molecule has 2 rings (SSSR count). The maximum absolute atomic E-state index is 12.1. The molecule has 1 amide bonds. The van der Waals surface area contributed by atoms with Crippen LogP contribution in [0.5, 0.6) is 11.5 Å². The molecule has 0 aliphatic carbocycles. The van der Waals surface area contributed by atoms with Crippen LogP contribution in [-0.4, -0.2) is 47.4 Å². The zero-order valence-corrected chi connectivity index (χ0v) is 19.9. The van der Waals surface area contributed by atoms with Gasteiger partial charge in [-0.1, -0.05) is 23.7 Å². The van der Waals surface area contributed by atoms with Crippen LogP contribution in [0.25, 0.3) is 0 Å². The summed E-state index contributed by atoms with van der Waals surface area (Å²) >= 11 is 9.36. The summed E-state index contributed by atoms with van der Waals surface area (Å²) in [4.78, 5) is 12.1. The van der Waals surface area contributed by atoms with E-state index in [4.69, 9.17) is 21.1 Å². The molecule has 0 aliphatic heterocycles. The molecule has 0 heterocycles. The van der Waals surface area contributed by atoms with Gasteiger partial charge in [-0.2, -0.15) is 0 Å². The Morgan fingerprint density at radius 1 is 1.20 bits per heavy atom. The second-order valence-electron chi connectivity index (χ2n) is 6.39. The van der Waals surface area contributed by atoms with Crippen LogP contribution in [-0.2, 0) is 14.8 Å². The molecule has 1 N–H and O–H groups in total. The van der Waals surface area contributed by atoms with E-state index in [-0.39, 0.29) is 18.9 Å². The van der Waals surface area contributed by atoms with Gasteiger partial charge in [0.05, 0.1) is 30.6 Å². The van der Waals surface area contributed by atoms with Gasteiger partial charge in [0.15, 0.2) is 11.5 Å². The summed E-state index contributed by atoms with van der Waals surface area (Å²) < 4.78 is 37.0. The third-order valence-electron chi connectivity index (χ3n) is 4.11. The number of methoxy groups -OCH3 is 1. The predicted octanol–water partition coefficient (Wildman–Crippen LogP) is 3.85. The van der Waals surface area contributed by atoms with E-state index in [0.717, 1.165) is 6.26 Å². The molecule has 0 radical (unpaired) electrons. The molecule has 7 nitrogen and oxygen atoms in total. The van der Waals surface area contributed by atoms with Crippen molar-refractivity contribution < 1.29 is 22.7 Å². The molecule has 10 heteroatoms. The van der Waals surface area contributed by atoms with Gasteiger partial charge in [-0.05, 0) is 52.7 Å². The Morgan fingerprint density at radius 3 is 2.53 bits per heavy atom. The van der Waals surface area contributed by atoms with Crippen molar-refractivity contribution in [1.82, 2.24) is 5.32 Å². The van der Waals surface area contributed by atoms with Crippen molar-refractivity contribution in [2.75, 3.05) is 37.4 Å². The zero-order chi connectivity index (χ0) is 22.1. The van der Waals surface area contributed by atoms with Crippen molar-refractivity contribution in [2.45, 2.75) is 12.8 Å². The summed E-state index contributed by atoms with van der Waals surface area (Å²) in [6.07, 6.45) is 1.67. The average Bonchev–Trinajstić information content (AvgIpc) is 2.70. The summed E-state index contributed by atoms with van der Waals surface area (Å²) in [6, 6.07) is 12.2. The largest absolute Gasteiger partial charge is 0.493 e. The van der Waals surface area contributed by atoms with E-state index in [2.05, 4.69) is 21.2 Å². The maximum atomic E-state index is 12.1. The lowest BCUT2D eigenvalue weighted by atomic mass is 10.2. The topological polar surface area (TPSA) is 84.9 Å². The minimum atomic E-state index is -3.51. The molecule has 0 saturated heterocycles. The fraction of sp³-hybridized carbons (Fsp3) is 0.350. The summed E-state index contributed by atoms with van der Waals surface area (Å²) in [7, 11) is -1.95. The number of hydrogen-bond donors (Lipinski definition) is 1. The van der Waals surface area contributed by atoms with E-state index in [0.29, 0.717) is 46.3 Å². The van der Waals surface area contributed by atoms with Crippen molar-refractivity contribution in [3.63, 3.8) is 0 Å². The molecule has 0 spiro atoms. The number of carbonyl (C=O) groups excluding carboxylic acids is 1. The van der Waals surface area contributed by atoms with Gasteiger partial charge in [0.2, 0.25) is 15.9 Å². The molecular formula is C20H24BrClN2O5S. The van der Waals surface area contributed by atoms with Crippen molar-refractivity contribution in [3.05, 3.63) is 52.0 Å². The molecule has 0 aromatic heterocycles. The fourth-order valence-electron chi connectivity index (χ4n) is 2.69. The molecule has 0 saturated carbocycles. The Bertz CT molecular complexity index is 971. The second-order valence-corrected chi connectivity index (χ2v) is 9.55. The molecule has 0 fully saturated rings. The monoisotopic (exact) mass is 518 g/mol. The first-order chi connectivity index (χ1) is 14.2. The third-order valence-corrected chi connectivity index (χ3v) is 6.53. The van der Waals surface area contributed by atoms with Crippen LogP contribution >= 0.6 is 27.5 Å². The summed E-state index contributed by atoms with van der Waals surface area (Å²) in [6.45, 7) is 0.788. The zero-order valence-electron chi connectivity index (χ0n) is 16.7. The number of para-hydroxylation sites is 2. The highest BCUT2D eigenvalue weighted by Crippen LogP contribution is 2.29. The minimum absolute atomic E-state index is 0.169. The molecular weight excluding hydrogens is 496 g/mol. The number of carbonyl (C=O) groups is 1. The number of rotatable bonds is 11. The molecule has 0 bridgehead atoms. The van der Waals surface area contributed by atoms with Crippen LogP contribution in [0.4, 0.5) is 5.69 Å². The fourth-order valence-corrected chi connectivity index (χ4v) is 4.07. The van der Waals surface area contributed by atoms with Gasteiger partial charge in [-0.15, -0.1) is 0 Å². The maximum Gasteiger partial charge on any atom is 0.232 e. The van der Waals surface area contributed by atoms with E-state index in [9.17, 15) is 13.2 Å². The standard InChI is InChI=1S/C20H24BrClN2O5S/c1-28-18-6-3-4-7-19(18)29-13-11-23-20(25)8-5-12-24(30(2,26)27)15-9-10-16(21)17(22)14-15/h3-4,6-7,9-10,14H,5,8,11-13H2,1-2H3,(H,23,25). The first kappa shape index (κ1) is 24.3. The Hall–Kier alpha value is -1.97. The highest BCUT2D eigenvalue weighted by atomic mass is 79.9. The summed E-state index contributed by atoms with van der Waals surface area (Å²) in [5.74, 6) is 1.05. The number of anilines is 1. The Kier molecular flexibility index (Phi) is 9.26. The van der Waals surface area contributed by atoms with Gasteiger partial charge >= 0.3 is 0 Å². The summed E-state index contributed by atoms with van der Waals surface area (Å²) in [5.41, 5.74) is 0.455. The van der Waals surface area contributed by atoms with Gasteiger partial charge in [0.1, 0.15) is 6.61 Å². The van der Waals surface area contributed by atoms with Crippen LogP contribution in [0.15, 0.2) is 46.9 Å². The van der Waals surface area contributed by atoms with E-state index in [1.807, 2.05) is 12.1 Å². The number of hydrogen-bond acceptors (Lipinski definition) is 5. The Labute approximate surface area is 190 Å². The number of nitrogens with zero attached hydrogens (tertiary/aromatic N) is 1. The third kappa shape index (κ3) is 7.37. The van der Waals surface area contributed by atoms with E-state index >= 15 is 0 Å². The van der Waals surface area contributed by atoms with Gasteiger partial charge in [-0.25, -0.2) is 8.42 Å². The van der Waals surface area contributed by atoms with Crippen LogP contribution < -0.4 is 19.1 Å². The SMILES string of the molecule is COc1ccccc1OCCNC(=O)CCCN(c1ccc(Br)c(Cl)c1)S(C)(=O)=O. The normalized spacial score (nSPS) is 11.1. The lowest BCUT2D eigenvalue weighted by Crippen LogP contribution is -2.33. The predicted molar refractivity (Wildman–Crippen MR) is 122 cm³/mol. The van der Waals surface area contributed by atoms with Crippen LogP contribution in [0.1, 0.15) is 12.8 Å². The lowest BCUT2D eigenvalue weighted by Gasteiger charge is -2.22. The first-order valence-electron chi connectivity index (χ1n) is 9.17. The van der Waals surface area contributed by atoms with Gasteiger partial charge in [0.25, 0.3) is 0 Å². The van der Waals surface area contributed by atoms with Crippen molar-refractivity contribution in [1.29, 1.82) is 0 Å². The van der Waals surface area contributed by atoms with Crippen LogP contribution in [0.2, 0.25) is 5.02 Å². The van der Waals surface area contributed by atoms with Crippen LogP contribution in [0.3, 0.4) is 0 Å². The number of amides is 1. The Balaban J connectivity index is 1.79. The molecule has 0 unspecified atom stereocenters. The summed E-state index contributed by atoms with van der Waals surface area (Å²) in [5, 5.41) is 3.17. The Morgan fingerprint density at radius 2 is 1.90 bits per heavy atom. The molecule has 164 valence electrons. The highest BCUT2D eigenvalue weighted by molar-refractivity contribution is 9.10. The lowest BCUT2D eigenvalue weighted by molar-refractivity contribution is -0.121. The number of nitrogens with one attached hydrogen (secondary N) is 1. The number of ether oxygens (including phenoxy) is 2. The van der Waals surface area contributed by atoms with E-state index in [1.165, 1.54) is 4.31 Å².